The number of allylic oxidation sites excluding steroid dienone is 1. The summed E-state index contributed by atoms with van der Waals surface area (Å²) in [5.41, 5.74) is 4.49. The van der Waals surface area contributed by atoms with Gasteiger partial charge >= 0.3 is 0 Å². The minimum atomic E-state index is 0.558. The van der Waals surface area contributed by atoms with Crippen LogP contribution in [0.1, 0.15) is 10.6 Å². The highest BCUT2D eigenvalue weighted by Crippen LogP contribution is 2.28. The first kappa shape index (κ1) is 17.2. The lowest BCUT2D eigenvalue weighted by atomic mass is 10.1. The Kier molecular flexibility index (Phi) is 5.18. The Bertz CT molecular complexity index is 932. The Morgan fingerprint density at radius 1 is 1.12 bits per heavy atom. The van der Waals surface area contributed by atoms with Crippen LogP contribution in [0.4, 0.5) is 5.69 Å². The van der Waals surface area contributed by atoms with Gasteiger partial charge in [0.25, 0.3) is 0 Å². The summed E-state index contributed by atoms with van der Waals surface area (Å²) in [6, 6.07) is 17.8. The molecule has 0 atom stereocenters. The van der Waals surface area contributed by atoms with Crippen LogP contribution in [0.15, 0.2) is 53.9 Å². The van der Waals surface area contributed by atoms with Crippen LogP contribution < -0.4 is 4.90 Å². The topological polar surface area (TPSA) is 39.9 Å². The highest BCUT2D eigenvalue weighted by atomic mass is 35.5. The zero-order valence-corrected chi connectivity index (χ0v) is 15.5. The summed E-state index contributed by atoms with van der Waals surface area (Å²) in [6.45, 7) is 0. The molecule has 0 saturated carbocycles. The number of hydrogen-bond acceptors (Lipinski definition) is 4. The summed E-state index contributed by atoms with van der Waals surface area (Å²) < 4.78 is 0. The van der Waals surface area contributed by atoms with Gasteiger partial charge in [-0.1, -0.05) is 35.9 Å². The molecule has 0 aliphatic carbocycles. The Morgan fingerprint density at radius 2 is 1.80 bits per heavy atom. The molecule has 0 spiro atoms. The van der Waals surface area contributed by atoms with Crippen LogP contribution in [0.25, 0.3) is 22.9 Å². The monoisotopic (exact) mass is 365 g/mol. The van der Waals surface area contributed by atoms with Crippen molar-refractivity contribution in [2.24, 2.45) is 0 Å². The van der Waals surface area contributed by atoms with Gasteiger partial charge in [-0.3, -0.25) is 0 Å². The fraction of sp³-hybridized carbons (Fsp3) is 0.100. The molecule has 2 aromatic carbocycles. The first-order valence-corrected chi connectivity index (χ1v) is 8.93. The minimum Gasteiger partial charge on any atom is -0.378 e. The molecule has 0 amide bonds. The van der Waals surface area contributed by atoms with Gasteiger partial charge in [0.05, 0.1) is 11.3 Å². The maximum Gasteiger partial charge on any atom is 0.134 e. The van der Waals surface area contributed by atoms with Crippen molar-refractivity contribution < 1.29 is 0 Å². The zero-order chi connectivity index (χ0) is 17.8. The number of rotatable bonds is 4. The third-order valence-corrected chi connectivity index (χ3v) is 4.84. The Balaban J connectivity index is 1.88. The van der Waals surface area contributed by atoms with Gasteiger partial charge in [-0.2, -0.15) is 5.26 Å². The molecule has 5 heteroatoms. The summed E-state index contributed by atoms with van der Waals surface area (Å²) in [6.07, 6.45) is 1.86. The molecule has 0 aliphatic rings. The minimum absolute atomic E-state index is 0.558. The fourth-order valence-corrected chi connectivity index (χ4v) is 3.25. The molecule has 0 N–H and O–H groups in total. The normalized spacial score (nSPS) is 11.2. The second-order valence-electron chi connectivity index (χ2n) is 5.70. The van der Waals surface area contributed by atoms with E-state index in [4.69, 9.17) is 11.6 Å². The fourth-order valence-electron chi connectivity index (χ4n) is 2.33. The van der Waals surface area contributed by atoms with Gasteiger partial charge in [0.1, 0.15) is 11.1 Å². The van der Waals surface area contributed by atoms with Crippen molar-refractivity contribution in [3.8, 4) is 17.3 Å². The molecule has 3 aromatic rings. The van der Waals surface area contributed by atoms with E-state index in [2.05, 4.69) is 11.1 Å². The SMILES string of the molecule is CN(C)c1ccc(/C=C(/C#N)c2nc(-c3ccc(Cl)cc3)cs2)cc1. The van der Waals surface area contributed by atoms with E-state index in [0.717, 1.165) is 22.5 Å². The van der Waals surface area contributed by atoms with Gasteiger partial charge in [-0.25, -0.2) is 4.98 Å². The average Bonchev–Trinajstić information content (AvgIpc) is 3.10. The van der Waals surface area contributed by atoms with Gasteiger partial charge in [-0.05, 0) is 35.9 Å². The second kappa shape index (κ2) is 7.52. The quantitative estimate of drug-likeness (QED) is 0.565. The van der Waals surface area contributed by atoms with E-state index >= 15 is 0 Å². The average molecular weight is 366 g/mol. The van der Waals surface area contributed by atoms with Crippen LogP contribution in [0.3, 0.4) is 0 Å². The van der Waals surface area contributed by atoms with E-state index in [1.165, 1.54) is 11.3 Å². The van der Waals surface area contributed by atoms with E-state index in [1.807, 2.05) is 79.0 Å². The van der Waals surface area contributed by atoms with Crippen LogP contribution in [0.5, 0.6) is 0 Å². The molecule has 0 fully saturated rings. The van der Waals surface area contributed by atoms with Crippen LogP contribution >= 0.6 is 22.9 Å². The van der Waals surface area contributed by atoms with Crippen molar-refractivity contribution >= 4 is 40.3 Å². The van der Waals surface area contributed by atoms with E-state index in [9.17, 15) is 5.26 Å². The van der Waals surface area contributed by atoms with Crippen molar-refractivity contribution in [2.45, 2.75) is 0 Å². The van der Waals surface area contributed by atoms with Crippen LogP contribution in [-0.2, 0) is 0 Å². The lowest BCUT2D eigenvalue weighted by Gasteiger charge is -2.11. The van der Waals surface area contributed by atoms with Crippen LogP contribution in [0, 0.1) is 11.3 Å². The third kappa shape index (κ3) is 4.08. The second-order valence-corrected chi connectivity index (χ2v) is 7.00. The standard InChI is InChI=1S/C20H16ClN3S/c1-24(2)18-9-3-14(4-10-18)11-16(12-22)20-23-19(13-25-20)15-5-7-17(21)8-6-15/h3-11,13H,1-2H3/b16-11-. The molecule has 0 saturated heterocycles. The highest BCUT2D eigenvalue weighted by molar-refractivity contribution is 7.11. The summed E-state index contributed by atoms with van der Waals surface area (Å²) >= 11 is 7.39. The molecule has 0 unspecified atom stereocenters. The molecule has 0 aliphatic heterocycles. The van der Waals surface area contributed by atoms with Crippen molar-refractivity contribution in [1.82, 2.24) is 4.98 Å². The maximum absolute atomic E-state index is 9.52. The molecule has 0 bridgehead atoms. The Hall–Kier alpha value is -2.61. The van der Waals surface area contributed by atoms with Crippen LogP contribution in [-0.4, -0.2) is 19.1 Å². The van der Waals surface area contributed by atoms with E-state index in [1.54, 1.807) is 0 Å². The van der Waals surface area contributed by atoms with Crippen molar-refractivity contribution in [1.29, 1.82) is 5.26 Å². The molecule has 124 valence electrons. The summed E-state index contributed by atoms with van der Waals surface area (Å²) in [7, 11) is 4.00. The summed E-state index contributed by atoms with van der Waals surface area (Å²) in [5.74, 6) is 0. The predicted molar refractivity (Wildman–Crippen MR) is 107 cm³/mol. The van der Waals surface area contributed by atoms with Gasteiger partial charge in [-0.15, -0.1) is 11.3 Å². The van der Waals surface area contributed by atoms with Crippen LogP contribution in [0.2, 0.25) is 5.02 Å². The molecule has 1 aromatic heterocycles. The Labute approximate surface area is 156 Å². The highest BCUT2D eigenvalue weighted by Gasteiger charge is 2.09. The number of aromatic nitrogens is 1. The third-order valence-electron chi connectivity index (χ3n) is 3.72. The van der Waals surface area contributed by atoms with Gasteiger partial charge in [0.15, 0.2) is 0 Å². The number of hydrogen-bond donors (Lipinski definition) is 0. The molecule has 25 heavy (non-hydrogen) atoms. The maximum atomic E-state index is 9.52. The summed E-state index contributed by atoms with van der Waals surface area (Å²) in [4.78, 5) is 6.64. The Morgan fingerprint density at radius 3 is 2.40 bits per heavy atom. The van der Waals surface area contributed by atoms with E-state index in [0.29, 0.717) is 15.6 Å². The molecular formula is C20H16ClN3S. The van der Waals surface area contributed by atoms with E-state index < -0.39 is 0 Å². The number of nitrogens with zero attached hydrogens (tertiary/aromatic N) is 3. The number of thiazole rings is 1. The lowest BCUT2D eigenvalue weighted by Crippen LogP contribution is -2.07. The summed E-state index contributed by atoms with van der Waals surface area (Å²) in [5, 5.41) is 12.9. The molecular weight excluding hydrogens is 350 g/mol. The molecule has 3 rings (SSSR count). The molecule has 3 nitrogen and oxygen atoms in total. The molecule has 1 heterocycles. The number of halogens is 1. The smallest absolute Gasteiger partial charge is 0.134 e. The predicted octanol–water partition coefficient (Wildman–Crippen LogP) is 5.59. The van der Waals surface area contributed by atoms with Crippen molar-refractivity contribution in [2.75, 3.05) is 19.0 Å². The first-order valence-electron chi connectivity index (χ1n) is 7.68. The first-order chi connectivity index (χ1) is 12.1. The van der Waals surface area contributed by atoms with E-state index in [-0.39, 0.29) is 0 Å². The largest absolute Gasteiger partial charge is 0.378 e. The number of benzene rings is 2. The number of anilines is 1. The lowest BCUT2D eigenvalue weighted by molar-refractivity contribution is 1.13. The van der Waals surface area contributed by atoms with Crippen molar-refractivity contribution in [3.63, 3.8) is 0 Å². The molecule has 0 radical (unpaired) electrons. The van der Waals surface area contributed by atoms with Gasteiger partial charge in [0, 0.05) is 35.7 Å². The van der Waals surface area contributed by atoms with Gasteiger partial charge in [0.2, 0.25) is 0 Å². The zero-order valence-electron chi connectivity index (χ0n) is 13.9. The number of nitriles is 1. The van der Waals surface area contributed by atoms with Crippen molar-refractivity contribution in [3.05, 3.63) is 69.5 Å². The van der Waals surface area contributed by atoms with Gasteiger partial charge < -0.3 is 4.90 Å².